The predicted octanol–water partition coefficient (Wildman–Crippen LogP) is 2.55. The fraction of sp³-hybridized carbons (Fsp3) is 0.385. The first-order valence-electron chi connectivity index (χ1n) is 5.92. The van der Waals surface area contributed by atoms with Crippen LogP contribution in [0.5, 0.6) is 0 Å². The number of benzene rings is 1. The van der Waals surface area contributed by atoms with Crippen molar-refractivity contribution in [1.29, 1.82) is 0 Å². The van der Waals surface area contributed by atoms with E-state index in [-0.39, 0.29) is 6.23 Å². The minimum atomic E-state index is 0.0448. The van der Waals surface area contributed by atoms with Crippen molar-refractivity contribution < 1.29 is 9.53 Å². The Hall–Kier alpha value is -1.68. The van der Waals surface area contributed by atoms with Crippen molar-refractivity contribution in [3.8, 4) is 0 Å². The van der Waals surface area contributed by atoms with Crippen LogP contribution in [0.25, 0.3) is 10.9 Å². The van der Waals surface area contributed by atoms with E-state index in [2.05, 4.69) is 5.10 Å². The molecule has 4 nitrogen and oxygen atoms in total. The SMILES string of the molecule is O=Cc1ccc2c(cnn2[C@H]2CCCCO2)c1. The van der Waals surface area contributed by atoms with Gasteiger partial charge in [-0.1, -0.05) is 0 Å². The number of rotatable bonds is 2. The van der Waals surface area contributed by atoms with Crippen LogP contribution in [0.1, 0.15) is 35.8 Å². The second-order valence-electron chi connectivity index (χ2n) is 4.35. The summed E-state index contributed by atoms with van der Waals surface area (Å²) < 4.78 is 7.64. The summed E-state index contributed by atoms with van der Waals surface area (Å²) in [6, 6.07) is 5.61. The molecule has 2 heterocycles. The molecule has 1 aromatic heterocycles. The Bertz CT molecular complexity index is 541. The highest BCUT2D eigenvalue weighted by atomic mass is 16.5. The van der Waals surface area contributed by atoms with Gasteiger partial charge in [0.15, 0.2) is 6.23 Å². The summed E-state index contributed by atoms with van der Waals surface area (Å²) in [4.78, 5) is 10.7. The first kappa shape index (κ1) is 10.5. The minimum Gasteiger partial charge on any atom is -0.356 e. The van der Waals surface area contributed by atoms with Crippen LogP contribution in [-0.4, -0.2) is 22.7 Å². The third kappa shape index (κ3) is 1.85. The Balaban J connectivity index is 2.02. The molecule has 1 aliphatic heterocycles. The van der Waals surface area contributed by atoms with Gasteiger partial charge in [-0.05, 0) is 37.5 Å². The van der Waals surface area contributed by atoms with E-state index >= 15 is 0 Å². The Morgan fingerprint density at radius 1 is 1.41 bits per heavy atom. The van der Waals surface area contributed by atoms with Gasteiger partial charge in [0, 0.05) is 17.6 Å². The van der Waals surface area contributed by atoms with Crippen LogP contribution in [0.3, 0.4) is 0 Å². The average molecular weight is 230 g/mol. The zero-order valence-electron chi connectivity index (χ0n) is 9.50. The molecule has 1 aliphatic rings. The number of carbonyl (C=O) groups is 1. The van der Waals surface area contributed by atoms with Gasteiger partial charge in [0.1, 0.15) is 6.29 Å². The number of hydrogen-bond acceptors (Lipinski definition) is 3. The van der Waals surface area contributed by atoms with Crippen LogP contribution in [-0.2, 0) is 4.74 Å². The highest BCUT2D eigenvalue weighted by molar-refractivity contribution is 5.86. The second-order valence-corrected chi connectivity index (χ2v) is 4.35. The predicted molar refractivity (Wildman–Crippen MR) is 64.0 cm³/mol. The molecule has 0 amide bonds. The summed E-state index contributed by atoms with van der Waals surface area (Å²) >= 11 is 0. The highest BCUT2D eigenvalue weighted by Crippen LogP contribution is 2.26. The van der Waals surface area contributed by atoms with Crippen LogP contribution in [0.2, 0.25) is 0 Å². The molecule has 88 valence electrons. The van der Waals surface area contributed by atoms with E-state index < -0.39 is 0 Å². The van der Waals surface area contributed by atoms with Crippen LogP contribution < -0.4 is 0 Å². The van der Waals surface area contributed by atoms with E-state index in [1.165, 1.54) is 6.42 Å². The van der Waals surface area contributed by atoms with Crippen LogP contribution in [0.15, 0.2) is 24.4 Å². The molecule has 0 radical (unpaired) electrons. The van der Waals surface area contributed by atoms with Gasteiger partial charge in [-0.25, -0.2) is 4.68 Å². The van der Waals surface area contributed by atoms with Gasteiger partial charge in [-0.3, -0.25) is 4.79 Å². The first-order valence-corrected chi connectivity index (χ1v) is 5.92. The molecule has 0 N–H and O–H groups in total. The zero-order chi connectivity index (χ0) is 11.7. The fourth-order valence-electron chi connectivity index (χ4n) is 2.29. The number of aldehydes is 1. The van der Waals surface area contributed by atoms with Gasteiger partial charge >= 0.3 is 0 Å². The normalized spacial score (nSPS) is 20.6. The van der Waals surface area contributed by atoms with Crippen molar-refractivity contribution in [2.45, 2.75) is 25.5 Å². The second kappa shape index (κ2) is 4.30. The Labute approximate surface area is 99.2 Å². The molecule has 2 aromatic rings. The summed E-state index contributed by atoms with van der Waals surface area (Å²) in [5.74, 6) is 0. The smallest absolute Gasteiger partial charge is 0.150 e. The molecule has 3 rings (SSSR count). The summed E-state index contributed by atoms with van der Waals surface area (Å²) in [5.41, 5.74) is 1.71. The maximum Gasteiger partial charge on any atom is 0.150 e. The largest absolute Gasteiger partial charge is 0.356 e. The summed E-state index contributed by atoms with van der Waals surface area (Å²) in [5, 5.41) is 5.36. The fourth-order valence-corrected chi connectivity index (χ4v) is 2.29. The quantitative estimate of drug-likeness (QED) is 0.745. The van der Waals surface area contributed by atoms with Crippen molar-refractivity contribution in [2.24, 2.45) is 0 Å². The minimum absolute atomic E-state index is 0.0448. The summed E-state index contributed by atoms with van der Waals surface area (Å²) in [7, 11) is 0. The molecule has 4 heteroatoms. The van der Waals surface area contributed by atoms with Crippen molar-refractivity contribution in [3.05, 3.63) is 30.0 Å². The van der Waals surface area contributed by atoms with E-state index in [4.69, 9.17) is 4.74 Å². The van der Waals surface area contributed by atoms with Crippen molar-refractivity contribution in [3.63, 3.8) is 0 Å². The van der Waals surface area contributed by atoms with Crippen molar-refractivity contribution >= 4 is 17.2 Å². The number of carbonyl (C=O) groups excluding carboxylic acids is 1. The zero-order valence-corrected chi connectivity index (χ0v) is 9.50. The molecule has 0 aliphatic carbocycles. The lowest BCUT2D eigenvalue weighted by atomic mass is 10.1. The van der Waals surface area contributed by atoms with Crippen LogP contribution in [0, 0.1) is 0 Å². The number of hydrogen-bond donors (Lipinski definition) is 0. The van der Waals surface area contributed by atoms with E-state index in [1.807, 2.05) is 22.9 Å². The molecule has 1 aromatic carbocycles. The van der Waals surface area contributed by atoms with Gasteiger partial charge in [-0.15, -0.1) is 0 Å². The molecule has 17 heavy (non-hydrogen) atoms. The number of ether oxygens (including phenoxy) is 1. The molecular formula is C13H14N2O2. The molecule has 0 spiro atoms. The van der Waals surface area contributed by atoms with E-state index in [1.54, 1.807) is 6.20 Å². The Morgan fingerprint density at radius 2 is 2.35 bits per heavy atom. The molecule has 1 atom stereocenters. The number of fused-ring (bicyclic) bond motifs is 1. The van der Waals surface area contributed by atoms with E-state index in [0.29, 0.717) is 5.56 Å². The first-order chi connectivity index (χ1) is 8.38. The van der Waals surface area contributed by atoms with Crippen LogP contribution >= 0.6 is 0 Å². The molecule has 0 saturated carbocycles. The average Bonchev–Trinajstić information content (AvgIpc) is 2.82. The van der Waals surface area contributed by atoms with Gasteiger partial charge < -0.3 is 4.74 Å². The molecule has 0 unspecified atom stereocenters. The lowest BCUT2D eigenvalue weighted by Crippen LogP contribution is -2.18. The third-order valence-electron chi connectivity index (χ3n) is 3.18. The monoisotopic (exact) mass is 230 g/mol. The lowest BCUT2D eigenvalue weighted by Gasteiger charge is -2.23. The maximum atomic E-state index is 10.7. The molecular weight excluding hydrogens is 216 g/mol. The van der Waals surface area contributed by atoms with Crippen LogP contribution in [0.4, 0.5) is 0 Å². The maximum absolute atomic E-state index is 10.7. The lowest BCUT2D eigenvalue weighted by molar-refractivity contribution is -0.0366. The van der Waals surface area contributed by atoms with Gasteiger partial charge in [0.25, 0.3) is 0 Å². The van der Waals surface area contributed by atoms with Crippen molar-refractivity contribution in [1.82, 2.24) is 9.78 Å². The number of aromatic nitrogens is 2. The van der Waals surface area contributed by atoms with Gasteiger partial charge in [0.05, 0.1) is 11.7 Å². The van der Waals surface area contributed by atoms with Gasteiger partial charge in [0.2, 0.25) is 0 Å². The molecule has 1 saturated heterocycles. The highest BCUT2D eigenvalue weighted by Gasteiger charge is 2.18. The Kier molecular flexibility index (Phi) is 2.65. The van der Waals surface area contributed by atoms with E-state index in [9.17, 15) is 4.79 Å². The standard InChI is InChI=1S/C13H14N2O2/c16-9-10-4-5-12-11(7-10)8-14-15(12)13-3-1-2-6-17-13/h4-5,7-9,13H,1-3,6H2/t13-/m1/s1. The third-order valence-corrected chi connectivity index (χ3v) is 3.18. The summed E-state index contributed by atoms with van der Waals surface area (Å²) in [6.07, 6.45) is 6.01. The topological polar surface area (TPSA) is 44.1 Å². The molecule has 0 bridgehead atoms. The number of nitrogens with zero attached hydrogens (tertiary/aromatic N) is 2. The van der Waals surface area contributed by atoms with Crippen molar-refractivity contribution in [2.75, 3.05) is 6.61 Å². The Morgan fingerprint density at radius 3 is 3.12 bits per heavy atom. The summed E-state index contributed by atoms with van der Waals surface area (Å²) in [6.45, 7) is 0.804. The van der Waals surface area contributed by atoms with E-state index in [0.717, 1.165) is 36.6 Å². The van der Waals surface area contributed by atoms with Gasteiger partial charge in [-0.2, -0.15) is 5.10 Å². The molecule has 1 fully saturated rings.